The van der Waals surface area contributed by atoms with Crippen LogP contribution < -0.4 is 10.6 Å². The van der Waals surface area contributed by atoms with E-state index in [4.69, 9.17) is 18.0 Å². The molecule has 4 rings (SSSR count). The Hall–Kier alpha value is -4.31. The molecule has 0 bridgehead atoms. The van der Waals surface area contributed by atoms with E-state index in [0.717, 1.165) is 51.2 Å². The fraction of sp³-hybridized carbons (Fsp3) is 0.200. The van der Waals surface area contributed by atoms with Crippen LogP contribution in [0.15, 0.2) is 85.7 Å². The number of aryl methyl sites for hydroxylation is 2. The summed E-state index contributed by atoms with van der Waals surface area (Å²) in [6.45, 7) is 18.6. The van der Waals surface area contributed by atoms with Crippen molar-refractivity contribution in [3.63, 3.8) is 0 Å². The van der Waals surface area contributed by atoms with Gasteiger partial charge in [-0.1, -0.05) is 68.8 Å². The smallest absolute Gasteiger partial charge is 0.100 e. The van der Waals surface area contributed by atoms with E-state index in [9.17, 15) is 0 Å². The Bertz CT molecular complexity index is 1330. The van der Waals surface area contributed by atoms with Crippen LogP contribution in [0.4, 0.5) is 11.4 Å². The Labute approximate surface area is 241 Å². The lowest BCUT2D eigenvalue weighted by atomic mass is 10.0. The summed E-state index contributed by atoms with van der Waals surface area (Å²) in [5.74, 6) is 3.49. The maximum Gasteiger partial charge on any atom is 0.100 e. The number of nitrogens with zero attached hydrogens (tertiary/aromatic N) is 1. The lowest BCUT2D eigenvalue weighted by Crippen LogP contribution is -2.16. The number of rotatable bonds is 5. The Morgan fingerprint density at radius 2 is 1.59 bits per heavy atom. The van der Waals surface area contributed by atoms with Crippen LogP contribution in [0.25, 0.3) is 5.70 Å². The normalized spacial score (nSPS) is 10.9. The molecule has 0 aliphatic carbocycles. The largest absolute Gasteiger partial charge is 0.370 e. The monoisotopic (exact) mass is 537 g/mol. The van der Waals surface area contributed by atoms with E-state index < -0.39 is 0 Å². The van der Waals surface area contributed by atoms with Crippen molar-refractivity contribution in [3.8, 4) is 25.2 Å². The number of hydrogen-bond acceptors (Lipinski definition) is 3. The van der Waals surface area contributed by atoms with Gasteiger partial charge in [0.2, 0.25) is 0 Å². The van der Waals surface area contributed by atoms with Gasteiger partial charge in [0.15, 0.2) is 0 Å². The SMILES string of the molecule is C#C.C#Cc1ccc(CN(C)/C(=C\C=C)c2cc(C)c(C)c(Cl)c2)cc1.C=C1Nc2ccc(C)cc2N1.CC. The van der Waals surface area contributed by atoms with Crippen molar-refractivity contribution in [2.24, 2.45) is 0 Å². The quantitative estimate of drug-likeness (QED) is 0.251. The van der Waals surface area contributed by atoms with Crippen molar-refractivity contribution in [2.45, 2.75) is 41.2 Å². The van der Waals surface area contributed by atoms with Gasteiger partial charge in [0, 0.05) is 29.9 Å². The first kappa shape index (κ1) is 32.7. The number of terminal acetylenes is 2. The van der Waals surface area contributed by atoms with Crippen LogP contribution in [-0.4, -0.2) is 11.9 Å². The molecule has 3 nitrogen and oxygen atoms in total. The Kier molecular flexibility index (Phi) is 13.9. The molecule has 0 saturated heterocycles. The number of hydrogen-bond donors (Lipinski definition) is 2. The second-order valence-electron chi connectivity index (χ2n) is 8.66. The molecule has 0 spiro atoms. The van der Waals surface area contributed by atoms with Crippen LogP contribution in [0.5, 0.6) is 0 Å². The molecule has 0 radical (unpaired) electrons. The number of allylic oxidation sites excluding steroid dienone is 2. The average Bonchev–Trinajstić information content (AvgIpc) is 3.32. The zero-order valence-electron chi connectivity index (χ0n) is 24.0. The average molecular weight is 538 g/mol. The molecule has 3 aromatic carbocycles. The van der Waals surface area contributed by atoms with Crippen molar-refractivity contribution < 1.29 is 0 Å². The molecule has 0 amide bonds. The van der Waals surface area contributed by atoms with Gasteiger partial charge >= 0.3 is 0 Å². The third-order valence-corrected chi connectivity index (χ3v) is 6.27. The minimum absolute atomic E-state index is 0.773. The van der Waals surface area contributed by atoms with E-state index in [-0.39, 0.29) is 0 Å². The van der Waals surface area contributed by atoms with Gasteiger partial charge in [-0.05, 0) is 91.1 Å². The summed E-state index contributed by atoms with van der Waals surface area (Å²) in [6, 6.07) is 18.4. The summed E-state index contributed by atoms with van der Waals surface area (Å²) in [5, 5.41) is 7.04. The van der Waals surface area contributed by atoms with Crippen LogP contribution in [0.2, 0.25) is 5.02 Å². The van der Waals surface area contributed by atoms with Gasteiger partial charge in [0.1, 0.15) is 5.82 Å². The fourth-order valence-electron chi connectivity index (χ4n) is 3.81. The summed E-state index contributed by atoms with van der Waals surface area (Å²) < 4.78 is 0. The first-order chi connectivity index (χ1) is 18.7. The minimum atomic E-state index is 0.773. The van der Waals surface area contributed by atoms with Crippen LogP contribution in [-0.2, 0) is 6.54 Å². The third kappa shape index (κ3) is 9.50. The van der Waals surface area contributed by atoms with Crippen LogP contribution in [0.3, 0.4) is 0 Å². The topological polar surface area (TPSA) is 27.3 Å². The van der Waals surface area contributed by atoms with E-state index >= 15 is 0 Å². The molecule has 3 aromatic rings. The Morgan fingerprint density at radius 3 is 2.15 bits per heavy atom. The predicted octanol–water partition coefficient (Wildman–Crippen LogP) is 9.18. The highest BCUT2D eigenvalue weighted by atomic mass is 35.5. The van der Waals surface area contributed by atoms with Crippen molar-refractivity contribution in [1.82, 2.24) is 4.90 Å². The molecule has 0 atom stereocenters. The van der Waals surface area contributed by atoms with Crippen molar-refractivity contribution in [3.05, 3.63) is 124 Å². The highest BCUT2D eigenvalue weighted by molar-refractivity contribution is 6.31. The molecule has 202 valence electrons. The molecule has 0 fully saturated rings. The lowest BCUT2D eigenvalue weighted by molar-refractivity contribution is 0.475. The van der Waals surface area contributed by atoms with Gasteiger partial charge in [0.25, 0.3) is 0 Å². The minimum Gasteiger partial charge on any atom is -0.370 e. The molecule has 39 heavy (non-hydrogen) atoms. The number of benzene rings is 3. The van der Waals surface area contributed by atoms with Crippen molar-refractivity contribution in [2.75, 3.05) is 17.7 Å². The summed E-state index contributed by atoms with van der Waals surface area (Å²) >= 11 is 6.37. The Balaban J connectivity index is 0.000000419. The zero-order chi connectivity index (χ0) is 29.5. The molecular formula is C35H40ClN3. The summed E-state index contributed by atoms with van der Waals surface area (Å²) in [7, 11) is 2.06. The summed E-state index contributed by atoms with van der Waals surface area (Å²) in [6.07, 6.45) is 17.2. The standard InChI is InChI=1S/C22H22ClN.C9H10N2.C2H6.C2H2/c1-6-8-22(20-13-16(3)17(4)21(23)14-20)24(5)15-19-11-9-18(7-2)10-12-19;1-6-3-4-8-9(5-6)11-7(2)10-8;2*1-2/h2,6,8-14H,1,15H2,3-5H3;3-5,10-11H,2H2,1H3;1-2H3;1-2H/b22-8-;;;. The highest BCUT2D eigenvalue weighted by Crippen LogP contribution is 2.30. The number of fused-ring (bicyclic) bond motifs is 1. The van der Waals surface area contributed by atoms with Crippen LogP contribution in [0, 0.1) is 46.0 Å². The summed E-state index contributed by atoms with van der Waals surface area (Å²) in [5.41, 5.74) is 10.0. The summed E-state index contributed by atoms with van der Waals surface area (Å²) in [4.78, 5) is 2.19. The molecule has 0 aromatic heterocycles. The second-order valence-corrected chi connectivity index (χ2v) is 9.07. The van der Waals surface area contributed by atoms with E-state index in [1.54, 1.807) is 6.08 Å². The predicted molar refractivity (Wildman–Crippen MR) is 174 cm³/mol. The number of halogens is 1. The van der Waals surface area contributed by atoms with Gasteiger partial charge in [-0.3, -0.25) is 0 Å². The van der Waals surface area contributed by atoms with Crippen LogP contribution >= 0.6 is 11.6 Å². The first-order valence-electron chi connectivity index (χ1n) is 12.7. The van der Waals surface area contributed by atoms with Gasteiger partial charge in [0.05, 0.1) is 11.4 Å². The molecule has 2 N–H and O–H groups in total. The van der Waals surface area contributed by atoms with Gasteiger partial charge in [-0.2, -0.15) is 0 Å². The van der Waals surface area contributed by atoms with Crippen molar-refractivity contribution >= 4 is 28.7 Å². The van der Waals surface area contributed by atoms with E-state index in [0.29, 0.717) is 0 Å². The van der Waals surface area contributed by atoms with Crippen LogP contribution in [0.1, 0.15) is 47.2 Å². The fourth-order valence-corrected chi connectivity index (χ4v) is 4.08. The molecule has 0 unspecified atom stereocenters. The van der Waals surface area contributed by atoms with E-state index in [1.165, 1.54) is 16.7 Å². The molecule has 0 saturated carbocycles. The molecule has 1 aliphatic rings. The molecule has 1 heterocycles. The molecule has 4 heteroatoms. The van der Waals surface area contributed by atoms with Crippen molar-refractivity contribution in [1.29, 1.82) is 0 Å². The molecule has 1 aliphatic heterocycles. The van der Waals surface area contributed by atoms with Gasteiger partial charge < -0.3 is 15.5 Å². The zero-order valence-corrected chi connectivity index (χ0v) is 24.8. The number of nitrogens with one attached hydrogen (secondary N) is 2. The van der Waals surface area contributed by atoms with Gasteiger partial charge in [-0.15, -0.1) is 19.3 Å². The highest BCUT2D eigenvalue weighted by Gasteiger charge is 2.12. The van der Waals surface area contributed by atoms with E-state index in [1.807, 2.05) is 45.0 Å². The van der Waals surface area contributed by atoms with E-state index in [2.05, 4.69) is 105 Å². The maximum atomic E-state index is 6.37. The Morgan fingerprint density at radius 1 is 0.974 bits per heavy atom. The first-order valence-corrected chi connectivity index (χ1v) is 13.1. The third-order valence-electron chi connectivity index (χ3n) is 5.87. The maximum absolute atomic E-state index is 6.37. The second kappa shape index (κ2) is 16.5. The molecular weight excluding hydrogens is 498 g/mol. The lowest BCUT2D eigenvalue weighted by Gasteiger charge is -2.24. The number of anilines is 2. The van der Waals surface area contributed by atoms with Gasteiger partial charge in [-0.25, -0.2) is 0 Å².